The Morgan fingerprint density at radius 2 is 1.61 bits per heavy atom. The Morgan fingerprint density at radius 1 is 0.895 bits per heavy atom. The quantitative estimate of drug-likeness (QED) is 0.245. The van der Waals surface area contributed by atoms with Gasteiger partial charge in [-0.2, -0.15) is 0 Å². The van der Waals surface area contributed by atoms with Gasteiger partial charge in [0.05, 0.1) is 37.6 Å². The number of nitrogens with zero attached hydrogens (tertiary/aromatic N) is 3. The van der Waals surface area contributed by atoms with Crippen LogP contribution in [0, 0.1) is 16.0 Å². The van der Waals surface area contributed by atoms with Crippen molar-refractivity contribution in [2.75, 3.05) is 31.3 Å². The molecular weight excluding hydrogens is 518 g/mol. The van der Waals surface area contributed by atoms with Crippen molar-refractivity contribution in [3.05, 3.63) is 81.4 Å². The number of anilines is 2. The number of hydroxylamine groups is 1. The Morgan fingerprint density at radius 3 is 2.26 bits per heavy atom. The van der Waals surface area contributed by atoms with Gasteiger partial charge in [-0.3, -0.25) is 24.5 Å². The lowest BCUT2D eigenvalue weighted by molar-refractivity contribution is -0.384. The van der Waals surface area contributed by atoms with Gasteiger partial charge in [-0.15, -0.1) is 0 Å². The first-order chi connectivity index (χ1) is 18.3. The number of hydrogen-bond donors (Lipinski definition) is 0. The van der Waals surface area contributed by atoms with Crippen LogP contribution in [0.2, 0.25) is 5.02 Å². The Hall–Kier alpha value is -4.35. The van der Waals surface area contributed by atoms with Crippen LogP contribution < -0.4 is 24.2 Å². The highest BCUT2D eigenvalue weighted by Crippen LogP contribution is 2.53. The number of methoxy groups -OCH3 is 3. The van der Waals surface area contributed by atoms with E-state index >= 15 is 0 Å². The summed E-state index contributed by atoms with van der Waals surface area (Å²) >= 11 is 6.12. The summed E-state index contributed by atoms with van der Waals surface area (Å²) in [7, 11) is 4.36. The molecule has 0 aromatic heterocycles. The molecule has 5 rings (SSSR count). The van der Waals surface area contributed by atoms with Gasteiger partial charge in [0.25, 0.3) is 11.6 Å². The minimum atomic E-state index is -1.21. The molecule has 3 aromatic rings. The number of carbonyl (C=O) groups excluding carboxylic acids is 2. The summed E-state index contributed by atoms with van der Waals surface area (Å²) in [5, 5.41) is 13.2. The maximum Gasteiger partial charge on any atom is 0.271 e. The van der Waals surface area contributed by atoms with E-state index in [1.54, 1.807) is 36.4 Å². The smallest absolute Gasteiger partial charge is 0.271 e. The molecule has 2 saturated heterocycles. The van der Waals surface area contributed by atoms with E-state index in [-0.39, 0.29) is 22.9 Å². The molecule has 2 aliphatic rings. The number of carbonyl (C=O) groups is 2. The van der Waals surface area contributed by atoms with Gasteiger partial charge in [-0.05, 0) is 36.4 Å². The number of amides is 2. The zero-order valence-electron chi connectivity index (χ0n) is 20.5. The molecule has 0 bridgehead atoms. The highest BCUT2D eigenvalue weighted by Gasteiger charge is 2.61. The highest BCUT2D eigenvalue weighted by molar-refractivity contribution is 6.31. The minimum absolute atomic E-state index is 0.181. The SMILES string of the molecule is COc1ccc([C@H]2[C@H]3C(=O)N(c4cccc(Cl)c4)C(=O)[C@@H]3ON2c2cccc([N+](=O)[O-])c2)c(OC)c1OC. The van der Waals surface area contributed by atoms with Crippen LogP contribution in [-0.4, -0.2) is 44.2 Å². The van der Waals surface area contributed by atoms with Crippen molar-refractivity contribution in [2.45, 2.75) is 12.1 Å². The van der Waals surface area contributed by atoms with Crippen LogP contribution in [0.3, 0.4) is 0 Å². The first-order valence-electron chi connectivity index (χ1n) is 11.4. The van der Waals surface area contributed by atoms with E-state index in [0.29, 0.717) is 22.0 Å². The van der Waals surface area contributed by atoms with E-state index < -0.39 is 34.8 Å². The average Bonchev–Trinajstić information content (AvgIpc) is 3.43. The van der Waals surface area contributed by atoms with Gasteiger partial charge in [0.2, 0.25) is 11.7 Å². The molecule has 38 heavy (non-hydrogen) atoms. The van der Waals surface area contributed by atoms with Gasteiger partial charge in [0.1, 0.15) is 12.0 Å². The van der Waals surface area contributed by atoms with Crippen LogP contribution in [0.4, 0.5) is 17.1 Å². The fraction of sp³-hybridized carbons (Fsp3) is 0.231. The lowest BCUT2D eigenvalue weighted by Gasteiger charge is -2.30. The Labute approximate surface area is 222 Å². The molecule has 2 amide bonds. The van der Waals surface area contributed by atoms with Crippen molar-refractivity contribution in [2.24, 2.45) is 5.92 Å². The number of fused-ring (bicyclic) bond motifs is 1. The van der Waals surface area contributed by atoms with Crippen LogP contribution in [0.5, 0.6) is 17.2 Å². The number of hydrogen-bond acceptors (Lipinski definition) is 9. The van der Waals surface area contributed by atoms with E-state index in [1.165, 1.54) is 50.7 Å². The number of imide groups is 1. The summed E-state index contributed by atoms with van der Waals surface area (Å²) in [4.78, 5) is 45.5. The molecule has 2 heterocycles. The predicted molar refractivity (Wildman–Crippen MR) is 137 cm³/mol. The normalized spacial score (nSPS) is 20.5. The average molecular weight is 540 g/mol. The van der Waals surface area contributed by atoms with Gasteiger partial charge >= 0.3 is 0 Å². The molecule has 196 valence electrons. The van der Waals surface area contributed by atoms with Crippen molar-refractivity contribution >= 4 is 40.5 Å². The lowest BCUT2D eigenvalue weighted by atomic mass is 9.89. The van der Waals surface area contributed by atoms with E-state index in [1.807, 2.05) is 0 Å². The summed E-state index contributed by atoms with van der Waals surface area (Å²) in [6.07, 6.45) is -1.21. The summed E-state index contributed by atoms with van der Waals surface area (Å²) in [6.45, 7) is 0. The van der Waals surface area contributed by atoms with Crippen LogP contribution in [0.15, 0.2) is 60.7 Å². The van der Waals surface area contributed by atoms with Gasteiger partial charge in [-0.25, -0.2) is 9.96 Å². The molecule has 2 fully saturated rings. The topological polar surface area (TPSA) is 121 Å². The van der Waals surface area contributed by atoms with Crippen molar-refractivity contribution in [1.29, 1.82) is 0 Å². The van der Waals surface area contributed by atoms with Gasteiger partial charge in [0.15, 0.2) is 17.6 Å². The number of ether oxygens (including phenoxy) is 3. The standard InChI is InChI=1S/C26H22ClN3O8/c1-35-19-11-10-18(22(36-2)23(19)37-3)21-20-24(38-29(21)16-8-5-9-17(13-16)30(33)34)26(32)28(25(20)31)15-7-4-6-14(27)12-15/h4-13,20-21,24H,1-3H3/t20-,21+,24-/m1/s1. The first kappa shape index (κ1) is 25.3. The molecule has 12 heteroatoms. The first-order valence-corrected chi connectivity index (χ1v) is 11.8. The zero-order chi connectivity index (χ0) is 27.1. The number of benzene rings is 3. The molecule has 0 spiro atoms. The van der Waals surface area contributed by atoms with Crippen molar-refractivity contribution in [1.82, 2.24) is 0 Å². The fourth-order valence-electron chi connectivity index (χ4n) is 4.92. The lowest BCUT2D eigenvalue weighted by Crippen LogP contribution is -2.37. The van der Waals surface area contributed by atoms with Crippen LogP contribution in [0.25, 0.3) is 0 Å². The number of nitro groups is 1. The zero-order valence-corrected chi connectivity index (χ0v) is 21.2. The number of non-ortho nitro benzene ring substituents is 1. The molecule has 0 radical (unpaired) electrons. The Kier molecular flexibility index (Phi) is 6.55. The molecule has 0 unspecified atom stereocenters. The van der Waals surface area contributed by atoms with Crippen molar-refractivity contribution < 1.29 is 33.6 Å². The summed E-state index contributed by atoms with van der Waals surface area (Å²) in [5.41, 5.74) is 0.869. The number of rotatable bonds is 7. The van der Waals surface area contributed by atoms with Crippen molar-refractivity contribution in [3.63, 3.8) is 0 Å². The molecule has 0 aliphatic carbocycles. The van der Waals surface area contributed by atoms with Crippen LogP contribution >= 0.6 is 11.6 Å². The van der Waals surface area contributed by atoms with E-state index in [4.69, 9.17) is 30.6 Å². The second-order valence-electron chi connectivity index (χ2n) is 8.51. The number of nitro benzene ring substituents is 1. The molecule has 0 N–H and O–H groups in total. The van der Waals surface area contributed by atoms with Crippen LogP contribution in [-0.2, 0) is 14.4 Å². The maximum atomic E-state index is 13.9. The predicted octanol–water partition coefficient (Wildman–Crippen LogP) is 4.33. The minimum Gasteiger partial charge on any atom is -0.493 e. The third-order valence-electron chi connectivity index (χ3n) is 6.53. The fourth-order valence-corrected chi connectivity index (χ4v) is 5.11. The molecule has 11 nitrogen and oxygen atoms in total. The monoisotopic (exact) mass is 539 g/mol. The van der Waals surface area contributed by atoms with E-state index in [0.717, 1.165) is 4.90 Å². The molecule has 3 aromatic carbocycles. The summed E-state index contributed by atoms with van der Waals surface area (Å²) in [6, 6.07) is 14.5. The maximum absolute atomic E-state index is 13.9. The highest BCUT2D eigenvalue weighted by atomic mass is 35.5. The third-order valence-corrected chi connectivity index (χ3v) is 6.77. The summed E-state index contributed by atoms with van der Waals surface area (Å²) < 4.78 is 16.6. The second kappa shape index (κ2) is 9.84. The van der Waals surface area contributed by atoms with Crippen molar-refractivity contribution in [3.8, 4) is 17.2 Å². The van der Waals surface area contributed by atoms with Crippen LogP contribution in [0.1, 0.15) is 11.6 Å². The molecule has 3 atom stereocenters. The molecular formula is C26H22ClN3O8. The van der Waals surface area contributed by atoms with Gasteiger partial charge in [0, 0.05) is 22.7 Å². The summed E-state index contributed by atoms with van der Waals surface area (Å²) in [5.74, 6) is -1.19. The largest absolute Gasteiger partial charge is 0.493 e. The molecule has 0 saturated carbocycles. The van der Waals surface area contributed by atoms with Gasteiger partial charge < -0.3 is 14.2 Å². The number of halogens is 1. The Bertz CT molecular complexity index is 1450. The van der Waals surface area contributed by atoms with E-state index in [9.17, 15) is 19.7 Å². The second-order valence-corrected chi connectivity index (χ2v) is 8.95. The van der Waals surface area contributed by atoms with Gasteiger partial charge in [-0.1, -0.05) is 23.7 Å². The molecule has 2 aliphatic heterocycles. The van der Waals surface area contributed by atoms with E-state index in [2.05, 4.69) is 0 Å². The Balaban J connectivity index is 1.68. The third kappa shape index (κ3) is 3.96.